The number of phenolic OH excluding ortho intramolecular Hbond substituents is 2. The van der Waals surface area contributed by atoms with Crippen molar-refractivity contribution >= 4 is 11.6 Å². The van der Waals surface area contributed by atoms with Gasteiger partial charge in [0.2, 0.25) is 0 Å². The molecule has 3 rings (SSSR count). The fraction of sp³-hybridized carbons (Fsp3) is 0.333. The van der Waals surface area contributed by atoms with Crippen molar-refractivity contribution in [2.45, 2.75) is 33.1 Å². The Balaban J connectivity index is 2.07. The number of Topliss-reactive ketones (excluding diaryl/α,β-unsaturated/α-hetero) is 1. The van der Waals surface area contributed by atoms with Crippen LogP contribution in [0.1, 0.15) is 53.8 Å². The van der Waals surface area contributed by atoms with Crippen LogP contribution in [-0.4, -0.2) is 21.8 Å². The predicted octanol–water partition coefficient (Wildman–Crippen LogP) is 3.54. The molecule has 2 aliphatic rings. The maximum Gasteiger partial charge on any atom is 0.194 e. The Morgan fingerprint density at radius 3 is 2.27 bits per heavy atom. The van der Waals surface area contributed by atoms with Crippen molar-refractivity contribution in [3.05, 3.63) is 46.6 Å². The van der Waals surface area contributed by atoms with Gasteiger partial charge in [-0.1, -0.05) is 11.6 Å². The largest absolute Gasteiger partial charge is 0.507 e. The van der Waals surface area contributed by atoms with Gasteiger partial charge in [0.25, 0.3) is 0 Å². The van der Waals surface area contributed by atoms with Crippen molar-refractivity contribution in [2.24, 2.45) is 5.41 Å². The molecule has 0 saturated heterocycles. The molecule has 0 heterocycles. The number of benzene rings is 1. The van der Waals surface area contributed by atoms with Crippen molar-refractivity contribution in [2.75, 3.05) is 0 Å². The number of carbonyl (C=O) groups is 2. The van der Waals surface area contributed by atoms with Crippen molar-refractivity contribution < 1.29 is 19.8 Å². The number of aromatic hydroxyl groups is 2. The molecule has 2 aliphatic carbocycles. The van der Waals surface area contributed by atoms with E-state index >= 15 is 0 Å². The molecule has 1 aromatic carbocycles. The number of allylic oxidation sites excluding steroid dienone is 4. The van der Waals surface area contributed by atoms with Gasteiger partial charge >= 0.3 is 0 Å². The molecule has 4 heteroatoms. The van der Waals surface area contributed by atoms with Gasteiger partial charge in [0.1, 0.15) is 11.5 Å². The highest BCUT2D eigenvalue weighted by atomic mass is 16.3. The summed E-state index contributed by atoms with van der Waals surface area (Å²) in [6, 6.07) is 2.48. The zero-order valence-electron chi connectivity index (χ0n) is 12.6. The van der Waals surface area contributed by atoms with Crippen LogP contribution in [0.25, 0.3) is 0 Å². The fourth-order valence-corrected chi connectivity index (χ4v) is 2.99. The molecule has 114 valence electrons. The van der Waals surface area contributed by atoms with Crippen LogP contribution in [0.3, 0.4) is 0 Å². The third-order valence-electron chi connectivity index (χ3n) is 4.48. The fourth-order valence-electron chi connectivity index (χ4n) is 2.99. The molecule has 1 fully saturated rings. The summed E-state index contributed by atoms with van der Waals surface area (Å²) in [7, 11) is 0. The first-order valence-electron chi connectivity index (χ1n) is 7.35. The quantitative estimate of drug-likeness (QED) is 0.661. The molecule has 0 spiro atoms. The molecule has 22 heavy (non-hydrogen) atoms. The summed E-state index contributed by atoms with van der Waals surface area (Å²) in [6.45, 7) is 3.99. The van der Waals surface area contributed by atoms with E-state index in [1.807, 2.05) is 13.8 Å². The molecule has 2 N–H and O–H groups in total. The third-order valence-corrected chi connectivity index (χ3v) is 4.48. The van der Waals surface area contributed by atoms with Crippen LogP contribution in [0, 0.1) is 5.41 Å². The summed E-state index contributed by atoms with van der Waals surface area (Å²) >= 11 is 0. The average Bonchev–Trinajstić information content (AvgIpc) is 3.24. The molecule has 4 nitrogen and oxygen atoms in total. The molecule has 0 unspecified atom stereocenters. The van der Waals surface area contributed by atoms with E-state index < -0.39 is 5.78 Å². The third kappa shape index (κ3) is 2.15. The van der Waals surface area contributed by atoms with Gasteiger partial charge in [-0.2, -0.15) is 0 Å². The summed E-state index contributed by atoms with van der Waals surface area (Å²) in [6.07, 6.45) is 5.85. The Morgan fingerprint density at radius 2 is 1.73 bits per heavy atom. The summed E-state index contributed by atoms with van der Waals surface area (Å²) < 4.78 is 0. The normalized spacial score (nSPS) is 18.5. The van der Waals surface area contributed by atoms with Crippen LogP contribution in [0.15, 0.2) is 35.4 Å². The number of rotatable bonds is 3. The summed E-state index contributed by atoms with van der Waals surface area (Å²) in [4.78, 5) is 25.1. The molecular weight excluding hydrogens is 280 g/mol. The smallest absolute Gasteiger partial charge is 0.194 e. The van der Waals surface area contributed by atoms with Crippen LogP contribution in [-0.2, 0) is 0 Å². The highest BCUT2D eigenvalue weighted by Gasteiger charge is 2.50. The van der Waals surface area contributed by atoms with Gasteiger partial charge < -0.3 is 10.2 Å². The number of phenols is 2. The number of ketones is 2. The van der Waals surface area contributed by atoms with Crippen molar-refractivity contribution in [3.63, 3.8) is 0 Å². The van der Waals surface area contributed by atoms with Gasteiger partial charge in [-0.25, -0.2) is 0 Å². The van der Waals surface area contributed by atoms with E-state index in [4.69, 9.17) is 0 Å². The molecule has 1 saturated carbocycles. The lowest BCUT2D eigenvalue weighted by atomic mass is 9.79. The Morgan fingerprint density at radius 1 is 1.14 bits per heavy atom. The minimum Gasteiger partial charge on any atom is -0.507 e. The highest BCUT2D eigenvalue weighted by molar-refractivity contribution is 6.27. The van der Waals surface area contributed by atoms with E-state index in [9.17, 15) is 19.8 Å². The van der Waals surface area contributed by atoms with Crippen LogP contribution in [0.5, 0.6) is 11.5 Å². The monoisotopic (exact) mass is 298 g/mol. The summed E-state index contributed by atoms with van der Waals surface area (Å²) in [5.41, 5.74) is 1.18. The second-order valence-corrected chi connectivity index (χ2v) is 6.37. The molecule has 0 radical (unpaired) electrons. The zero-order chi connectivity index (χ0) is 16.1. The Hall–Kier alpha value is -2.36. The minimum atomic E-state index is -0.415. The van der Waals surface area contributed by atoms with Gasteiger partial charge in [-0.05, 0) is 51.3 Å². The lowest BCUT2D eigenvalue weighted by Crippen LogP contribution is -2.23. The number of hydrogen-bond donors (Lipinski definition) is 2. The topological polar surface area (TPSA) is 74.6 Å². The molecular formula is C18H18O4. The van der Waals surface area contributed by atoms with E-state index in [0.29, 0.717) is 5.57 Å². The number of carbonyl (C=O) groups excluding carboxylic acids is 2. The van der Waals surface area contributed by atoms with Crippen LogP contribution in [0.2, 0.25) is 0 Å². The van der Waals surface area contributed by atoms with Gasteiger partial charge in [-0.15, -0.1) is 0 Å². The van der Waals surface area contributed by atoms with Crippen molar-refractivity contribution in [1.29, 1.82) is 0 Å². The summed E-state index contributed by atoms with van der Waals surface area (Å²) in [5, 5.41) is 19.8. The average molecular weight is 298 g/mol. The second kappa shape index (κ2) is 4.83. The van der Waals surface area contributed by atoms with Crippen molar-refractivity contribution in [1.82, 2.24) is 0 Å². The molecule has 0 aromatic heterocycles. The van der Waals surface area contributed by atoms with Crippen molar-refractivity contribution in [3.8, 4) is 11.5 Å². The SMILES string of the molecule is CC(C)=CCC1(C2=CC(=O)c3c(O)ccc(O)c3C2=O)CC1. The minimum absolute atomic E-state index is 0.0639. The lowest BCUT2D eigenvalue weighted by Gasteiger charge is -2.23. The van der Waals surface area contributed by atoms with Gasteiger partial charge in [0.15, 0.2) is 11.6 Å². The first-order chi connectivity index (χ1) is 10.4. The Labute approximate surface area is 128 Å². The molecule has 0 atom stereocenters. The van der Waals surface area contributed by atoms with Crippen LogP contribution >= 0.6 is 0 Å². The van der Waals surface area contributed by atoms with E-state index in [1.165, 1.54) is 23.8 Å². The van der Waals surface area contributed by atoms with Crippen LogP contribution in [0.4, 0.5) is 0 Å². The molecule has 1 aromatic rings. The highest BCUT2D eigenvalue weighted by Crippen LogP contribution is 2.57. The zero-order valence-corrected chi connectivity index (χ0v) is 12.6. The first kappa shape index (κ1) is 14.6. The number of hydrogen-bond acceptors (Lipinski definition) is 4. The number of fused-ring (bicyclic) bond motifs is 1. The van der Waals surface area contributed by atoms with E-state index in [-0.39, 0.29) is 33.8 Å². The standard InChI is InChI=1S/C18H18O4/c1-10(2)5-6-18(7-8-18)11-9-14(21)15-12(19)3-4-13(20)16(15)17(11)22/h3-5,9,19-20H,6-8H2,1-2H3. The van der Waals surface area contributed by atoms with Gasteiger partial charge in [0.05, 0.1) is 11.1 Å². The first-order valence-corrected chi connectivity index (χ1v) is 7.35. The van der Waals surface area contributed by atoms with E-state index in [0.717, 1.165) is 19.3 Å². The van der Waals surface area contributed by atoms with Gasteiger partial charge in [-0.3, -0.25) is 9.59 Å². The maximum absolute atomic E-state index is 12.8. The van der Waals surface area contributed by atoms with E-state index in [1.54, 1.807) is 0 Å². The predicted molar refractivity (Wildman–Crippen MR) is 82.2 cm³/mol. The van der Waals surface area contributed by atoms with Crippen LogP contribution < -0.4 is 0 Å². The second-order valence-electron chi connectivity index (χ2n) is 6.37. The Bertz CT molecular complexity index is 745. The molecule has 0 aliphatic heterocycles. The lowest BCUT2D eigenvalue weighted by molar-refractivity contribution is 0.0967. The van der Waals surface area contributed by atoms with Gasteiger partial charge in [0, 0.05) is 11.0 Å². The maximum atomic E-state index is 12.8. The molecule has 0 bridgehead atoms. The summed E-state index contributed by atoms with van der Waals surface area (Å²) in [5.74, 6) is -1.28. The van der Waals surface area contributed by atoms with E-state index in [2.05, 4.69) is 6.08 Å². The Kier molecular flexibility index (Phi) is 3.20. The molecule has 0 amide bonds.